The van der Waals surface area contributed by atoms with Crippen molar-refractivity contribution in [2.45, 2.75) is 0 Å². The van der Waals surface area contributed by atoms with Crippen molar-refractivity contribution in [3.05, 3.63) is 0 Å². The van der Waals surface area contributed by atoms with Gasteiger partial charge in [0.15, 0.2) is 0 Å². The molecule has 0 amide bonds. The summed E-state index contributed by atoms with van der Waals surface area (Å²) in [4.78, 5) is 0. The van der Waals surface area contributed by atoms with Crippen molar-refractivity contribution >= 4 is 25.3 Å². The molecule has 0 saturated carbocycles. The van der Waals surface area contributed by atoms with Crippen LogP contribution in [0.25, 0.3) is 0 Å². The molecule has 0 rings (SSSR count). The zero-order chi connectivity index (χ0) is 5.41. The van der Waals surface area contributed by atoms with Crippen LogP contribution in [-0.4, -0.2) is 5.48 Å². The maximum Gasteiger partial charge on any atom is 2.00 e. The van der Waals surface area contributed by atoms with Gasteiger partial charge >= 0.3 is 16.8 Å². The Morgan fingerprint density at radius 1 is 1.00 bits per heavy atom. The average Bonchev–Trinajstić information content (AvgIpc) is 1.39. The number of hydrogen-bond acceptors (Lipinski definition) is 4. The zero-order valence-electron chi connectivity index (χ0n) is 3.54. The van der Waals surface area contributed by atoms with Gasteiger partial charge in [-0.3, -0.25) is 0 Å². The van der Waals surface area contributed by atoms with Gasteiger partial charge in [-0.2, -0.15) is 0 Å². The smallest absolute Gasteiger partial charge is 0.696 e. The van der Waals surface area contributed by atoms with E-state index in [1.54, 1.807) is 0 Å². The largest absolute Gasteiger partial charge is 2.00 e. The van der Waals surface area contributed by atoms with Gasteiger partial charge in [0.1, 0.15) is 0 Å². The fourth-order valence-corrected chi connectivity index (χ4v) is 0. The molecule has 0 aromatic carbocycles. The molecule has 0 aliphatic carbocycles. The standard InChI is InChI=1S/2CHNS.Co.H2O/c2*2-1-3;;/h2*3H;;1H2/q;;+2;/p-2. The molecule has 0 saturated heterocycles. The van der Waals surface area contributed by atoms with Gasteiger partial charge in [0.25, 0.3) is 0 Å². The first kappa shape index (κ1) is 24.8. The molecule has 0 aliphatic heterocycles. The second-order valence-electron chi connectivity index (χ2n) is 0.183. The van der Waals surface area contributed by atoms with E-state index in [0.717, 1.165) is 0 Å². The van der Waals surface area contributed by atoms with Gasteiger partial charge in [-0.1, -0.05) is 10.8 Å². The number of thiocyanates is 2. The van der Waals surface area contributed by atoms with Crippen LogP contribution >= 0.6 is 0 Å². The Kier molecular flexibility index (Phi) is 208. The normalized spacial score (nSPS) is 1.75. The van der Waals surface area contributed by atoms with E-state index in [1.165, 1.54) is 10.8 Å². The molecule has 1 radical (unpaired) electrons. The third-order valence-corrected chi connectivity index (χ3v) is 0. The molecule has 8 heavy (non-hydrogen) atoms. The molecule has 0 aromatic rings. The second-order valence-corrected chi connectivity index (χ2v) is 0.548. The summed E-state index contributed by atoms with van der Waals surface area (Å²) in [6, 6.07) is 0. The van der Waals surface area contributed by atoms with Crippen LogP contribution in [0.1, 0.15) is 0 Å². The summed E-state index contributed by atoms with van der Waals surface area (Å²) in [6.45, 7) is 0. The van der Waals surface area contributed by atoms with E-state index in [9.17, 15) is 0 Å². The van der Waals surface area contributed by atoms with Crippen LogP contribution in [0.4, 0.5) is 0 Å². The quantitative estimate of drug-likeness (QED) is 0.372. The van der Waals surface area contributed by atoms with E-state index in [-0.39, 0.29) is 22.3 Å². The second kappa shape index (κ2) is 67.1. The van der Waals surface area contributed by atoms with Crippen molar-refractivity contribution in [1.82, 2.24) is 0 Å². The monoisotopic (exact) mass is 193 g/mol. The van der Waals surface area contributed by atoms with E-state index >= 15 is 0 Å². The molecular formula is C2H2CoN2OS2. The third-order valence-electron chi connectivity index (χ3n) is 0. The molecule has 47 valence electrons. The molecule has 0 atom stereocenters. The molecule has 0 heterocycles. The Morgan fingerprint density at radius 3 is 1.00 bits per heavy atom. The number of nitriles is 2. The van der Waals surface area contributed by atoms with Crippen LogP contribution in [0.5, 0.6) is 0 Å². The minimum absolute atomic E-state index is 0. The average molecular weight is 193 g/mol. The van der Waals surface area contributed by atoms with Crippen LogP contribution in [0.3, 0.4) is 0 Å². The van der Waals surface area contributed by atoms with Gasteiger partial charge < -0.3 is 30.7 Å². The van der Waals surface area contributed by atoms with Crippen LogP contribution in [0, 0.1) is 21.3 Å². The SMILES string of the molecule is N#C[S-].N#C[S-].O.[Co+2]. The Hall–Kier alpha value is -0.114. The van der Waals surface area contributed by atoms with E-state index < -0.39 is 0 Å². The van der Waals surface area contributed by atoms with Gasteiger partial charge in [0.05, 0.1) is 0 Å². The first-order valence-corrected chi connectivity index (χ1v) is 1.67. The maximum atomic E-state index is 7.13. The van der Waals surface area contributed by atoms with Gasteiger partial charge in [-0.25, -0.2) is 10.5 Å². The summed E-state index contributed by atoms with van der Waals surface area (Å²) in [5.41, 5.74) is 0. The van der Waals surface area contributed by atoms with E-state index in [4.69, 9.17) is 10.5 Å². The summed E-state index contributed by atoms with van der Waals surface area (Å²) in [5.74, 6) is 0. The van der Waals surface area contributed by atoms with E-state index in [0.29, 0.717) is 0 Å². The Balaban J connectivity index is -0.0000000160. The Labute approximate surface area is 69.0 Å². The van der Waals surface area contributed by atoms with Gasteiger partial charge in [0, 0.05) is 0 Å². The van der Waals surface area contributed by atoms with Crippen molar-refractivity contribution < 1.29 is 22.3 Å². The van der Waals surface area contributed by atoms with Crippen molar-refractivity contribution in [3.8, 4) is 10.8 Å². The van der Waals surface area contributed by atoms with Crippen molar-refractivity contribution in [1.29, 1.82) is 10.5 Å². The molecule has 3 nitrogen and oxygen atoms in total. The molecule has 6 heteroatoms. The van der Waals surface area contributed by atoms with Gasteiger partial charge in [-0.15, -0.1) is 0 Å². The van der Waals surface area contributed by atoms with Crippen molar-refractivity contribution in [2.24, 2.45) is 0 Å². The summed E-state index contributed by atoms with van der Waals surface area (Å²) in [5, 5.41) is 16.9. The number of nitrogens with zero attached hydrogens (tertiary/aromatic N) is 2. The Morgan fingerprint density at radius 2 is 1.00 bits per heavy atom. The molecule has 0 spiro atoms. The number of rotatable bonds is 0. The summed E-state index contributed by atoms with van der Waals surface area (Å²) in [6.07, 6.45) is 0. The van der Waals surface area contributed by atoms with Crippen molar-refractivity contribution in [2.75, 3.05) is 0 Å². The van der Waals surface area contributed by atoms with E-state index in [2.05, 4.69) is 25.3 Å². The minimum Gasteiger partial charge on any atom is -0.696 e. The molecule has 0 fully saturated rings. The minimum atomic E-state index is 0. The molecule has 0 aromatic heterocycles. The first-order valence-electron chi connectivity index (χ1n) is 0.855. The molecule has 0 unspecified atom stereocenters. The molecule has 0 bridgehead atoms. The predicted octanol–water partition coefficient (Wildman–Crippen LogP) is -0.798. The predicted molar refractivity (Wildman–Crippen MR) is 29.6 cm³/mol. The zero-order valence-corrected chi connectivity index (χ0v) is 6.22. The van der Waals surface area contributed by atoms with Gasteiger partial charge in [0.2, 0.25) is 0 Å². The molecular weight excluding hydrogens is 191 g/mol. The summed E-state index contributed by atoms with van der Waals surface area (Å²) >= 11 is 7.40. The van der Waals surface area contributed by atoms with Crippen LogP contribution in [0.15, 0.2) is 0 Å². The Bertz CT molecular complexity index is 73.0. The van der Waals surface area contributed by atoms with Gasteiger partial charge in [-0.05, 0) is 0 Å². The number of hydrogen-bond donors (Lipinski definition) is 0. The fourth-order valence-electron chi connectivity index (χ4n) is 0. The van der Waals surface area contributed by atoms with Crippen LogP contribution < -0.4 is 0 Å². The molecule has 0 aliphatic rings. The summed E-state index contributed by atoms with van der Waals surface area (Å²) < 4.78 is 0. The summed E-state index contributed by atoms with van der Waals surface area (Å²) in [7, 11) is 0. The van der Waals surface area contributed by atoms with Crippen LogP contribution in [-0.2, 0) is 42.0 Å². The maximum absolute atomic E-state index is 7.13. The third kappa shape index (κ3) is 10900. The van der Waals surface area contributed by atoms with Crippen LogP contribution in [0.2, 0.25) is 0 Å². The van der Waals surface area contributed by atoms with E-state index in [1.807, 2.05) is 0 Å². The fraction of sp³-hybridized carbons (Fsp3) is 0. The van der Waals surface area contributed by atoms with Crippen molar-refractivity contribution in [3.63, 3.8) is 0 Å². The molecule has 2 N–H and O–H groups in total. The first-order chi connectivity index (χ1) is 2.83. The topological polar surface area (TPSA) is 79.1 Å².